The molecule has 0 radical (unpaired) electrons. The first-order valence-electron chi connectivity index (χ1n) is 10.7. The third-order valence-electron chi connectivity index (χ3n) is 5.07. The van der Waals surface area contributed by atoms with Crippen molar-refractivity contribution in [2.24, 2.45) is 0 Å². The molecule has 0 aliphatic carbocycles. The average molecular weight is 399 g/mol. The Morgan fingerprint density at radius 3 is 2.39 bits per heavy atom. The maximum atomic E-state index is 12.5. The Hall–Kier alpha value is -1.38. The molecule has 3 N–H and O–H groups in total. The van der Waals surface area contributed by atoms with Crippen LogP contribution in [0.3, 0.4) is 0 Å². The molecule has 2 aliphatic rings. The van der Waals surface area contributed by atoms with E-state index in [0.717, 1.165) is 51.7 Å². The summed E-state index contributed by atoms with van der Waals surface area (Å²) in [5.74, 6) is 0.0565. The van der Waals surface area contributed by atoms with Crippen LogP contribution in [0.25, 0.3) is 0 Å². The topological polar surface area (TPSA) is 91.9 Å². The van der Waals surface area contributed by atoms with E-state index in [4.69, 9.17) is 9.57 Å². The summed E-state index contributed by atoms with van der Waals surface area (Å²) in [5, 5.41) is 6.45. The van der Waals surface area contributed by atoms with Crippen molar-refractivity contribution in [2.45, 2.75) is 89.9 Å². The van der Waals surface area contributed by atoms with Gasteiger partial charge < -0.3 is 25.1 Å². The minimum Gasteiger partial charge on any atom is -0.444 e. The molecule has 2 heterocycles. The Labute approximate surface area is 169 Å². The molecule has 2 fully saturated rings. The van der Waals surface area contributed by atoms with Crippen molar-refractivity contribution >= 4 is 12.0 Å². The highest BCUT2D eigenvalue weighted by atomic mass is 16.6. The molecule has 28 heavy (non-hydrogen) atoms. The van der Waals surface area contributed by atoms with Gasteiger partial charge in [-0.1, -0.05) is 13.3 Å². The second-order valence-corrected chi connectivity index (χ2v) is 8.81. The van der Waals surface area contributed by atoms with Gasteiger partial charge in [-0.3, -0.25) is 4.79 Å². The number of nitrogens with one attached hydrogen (secondary N) is 3. The van der Waals surface area contributed by atoms with Gasteiger partial charge in [0, 0.05) is 31.7 Å². The molecule has 8 heteroatoms. The van der Waals surface area contributed by atoms with Crippen LogP contribution >= 0.6 is 0 Å². The number of carbonyl (C=O) groups excluding carboxylic acids is 2. The summed E-state index contributed by atoms with van der Waals surface area (Å²) >= 11 is 0. The van der Waals surface area contributed by atoms with Crippen LogP contribution in [-0.2, 0) is 14.4 Å². The first-order chi connectivity index (χ1) is 13.3. The number of ether oxygens (including phenoxy) is 1. The highest BCUT2D eigenvalue weighted by molar-refractivity contribution is 5.82. The Kier molecular flexibility index (Phi) is 8.98. The fourth-order valence-electron chi connectivity index (χ4n) is 3.41. The fraction of sp³-hybridized carbons (Fsp3) is 0.900. The maximum Gasteiger partial charge on any atom is 0.410 e. The van der Waals surface area contributed by atoms with Gasteiger partial charge in [0.1, 0.15) is 5.60 Å². The highest BCUT2D eigenvalue weighted by Crippen LogP contribution is 2.16. The van der Waals surface area contributed by atoms with Gasteiger partial charge in [0.25, 0.3) is 0 Å². The van der Waals surface area contributed by atoms with Gasteiger partial charge in [0.05, 0.1) is 12.6 Å². The standard InChI is InChI=1S/C20H38N4O4/c1-5-6-13-27-23-16-7-8-17(21-14-16)18(25)22-15-9-11-24(12-10-15)19(26)28-20(2,3)4/h15-17,21,23H,5-14H2,1-4H3,(H,22,25)/t16-,17+/m1/s1. The molecule has 2 atom stereocenters. The smallest absolute Gasteiger partial charge is 0.410 e. The molecule has 2 amide bonds. The Morgan fingerprint density at radius 2 is 1.82 bits per heavy atom. The van der Waals surface area contributed by atoms with E-state index >= 15 is 0 Å². The molecule has 0 aromatic carbocycles. The number of rotatable bonds is 7. The lowest BCUT2D eigenvalue weighted by Gasteiger charge is -2.35. The molecule has 2 saturated heterocycles. The van der Waals surface area contributed by atoms with Gasteiger partial charge >= 0.3 is 6.09 Å². The number of carbonyl (C=O) groups is 2. The van der Waals surface area contributed by atoms with E-state index in [2.05, 4.69) is 23.0 Å². The molecule has 8 nitrogen and oxygen atoms in total. The number of hydroxylamine groups is 1. The SMILES string of the molecule is CCCCON[C@@H]1CC[C@@H](C(=O)NC2CCN(C(=O)OC(C)(C)C)CC2)NC1. The second kappa shape index (κ2) is 11.0. The van der Waals surface area contributed by atoms with Crippen LogP contribution in [0.5, 0.6) is 0 Å². The van der Waals surface area contributed by atoms with Crippen LogP contribution in [0.2, 0.25) is 0 Å². The number of nitrogens with zero attached hydrogens (tertiary/aromatic N) is 1. The Bertz CT molecular complexity index is 493. The molecule has 2 aliphatic heterocycles. The van der Waals surface area contributed by atoms with Crippen molar-refractivity contribution in [3.8, 4) is 0 Å². The van der Waals surface area contributed by atoms with E-state index in [1.165, 1.54) is 0 Å². The number of hydrogen-bond donors (Lipinski definition) is 3. The summed E-state index contributed by atoms with van der Waals surface area (Å²) in [6.07, 6.45) is 5.10. The van der Waals surface area contributed by atoms with Crippen LogP contribution < -0.4 is 16.1 Å². The Morgan fingerprint density at radius 1 is 1.11 bits per heavy atom. The predicted octanol–water partition coefficient (Wildman–Crippen LogP) is 1.94. The molecule has 0 aromatic heterocycles. The van der Waals surface area contributed by atoms with Crippen molar-refractivity contribution < 1.29 is 19.2 Å². The number of likely N-dealkylation sites (tertiary alicyclic amines) is 1. The van der Waals surface area contributed by atoms with Crippen LogP contribution in [0.1, 0.15) is 66.2 Å². The van der Waals surface area contributed by atoms with Gasteiger partial charge in [0.2, 0.25) is 5.91 Å². The lowest BCUT2D eigenvalue weighted by molar-refractivity contribution is -0.125. The van der Waals surface area contributed by atoms with Gasteiger partial charge in [-0.2, -0.15) is 5.48 Å². The quantitative estimate of drug-likeness (QED) is 0.448. The fourth-order valence-corrected chi connectivity index (χ4v) is 3.41. The first kappa shape index (κ1) is 22.9. The van der Waals surface area contributed by atoms with Crippen molar-refractivity contribution in [3.63, 3.8) is 0 Å². The van der Waals surface area contributed by atoms with E-state index in [1.807, 2.05) is 20.8 Å². The van der Waals surface area contributed by atoms with Crippen LogP contribution in [0.15, 0.2) is 0 Å². The average Bonchev–Trinajstić information content (AvgIpc) is 2.65. The lowest BCUT2D eigenvalue weighted by Crippen LogP contribution is -2.56. The molecular weight excluding hydrogens is 360 g/mol. The summed E-state index contributed by atoms with van der Waals surface area (Å²) in [6.45, 7) is 10.4. The van der Waals surface area contributed by atoms with Gasteiger partial charge in [-0.05, 0) is 52.9 Å². The van der Waals surface area contributed by atoms with Gasteiger partial charge in [-0.15, -0.1) is 0 Å². The summed E-state index contributed by atoms with van der Waals surface area (Å²) in [4.78, 5) is 31.8. The van der Waals surface area contributed by atoms with Crippen molar-refractivity contribution in [1.29, 1.82) is 0 Å². The Balaban J connectivity index is 1.63. The molecule has 0 saturated carbocycles. The second-order valence-electron chi connectivity index (χ2n) is 8.81. The summed E-state index contributed by atoms with van der Waals surface area (Å²) in [6, 6.07) is 0.205. The number of amides is 2. The van der Waals surface area contributed by atoms with Gasteiger partial charge in [-0.25, -0.2) is 4.79 Å². The first-order valence-corrected chi connectivity index (χ1v) is 10.7. The highest BCUT2D eigenvalue weighted by Gasteiger charge is 2.30. The van der Waals surface area contributed by atoms with Crippen molar-refractivity contribution in [3.05, 3.63) is 0 Å². The van der Waals surface area contributed by atoms with E-state index in [-0.39, 0.29) is 30.1 Å². The number of unbranched alkanes of at least 4 members (excludes halogenated alkanes) is 1. The van der Waals surface area contributed by atoms with E-state index in [0.29, 0.717) is 13.1 Å². The minimum absolute atomic E-state index is 0.0565. The van der Waals surface area contributed by atoms with E-state index < -0.39 is 5.60 Å². The molecule has 162 valence electrons. The van der Waals surface area contributed by atoms with Crippen molar-refractivity contribution in [1.82, 2.24) is 21.0 Å². The molecular formula is C20H38N4O4. The van der Waals surface area contributed by atoms with E-state index in [1.54, 1.807) is 4.90 Å². The molecule has 0 bridgehead atoms. The number of piperidine rings is 2. The summed E-state index contributed by atoms with van der Waals surface area (Å²) < 4.78 is 5.41. The summed E-state index contributed by atoms with van der Waals surface area (Å²) in [7, 11) is 0. The zero-order valence-electron chi connectivity index (χ0n) is 17.9. The molecule has 0 aromatic rings. The lowest BCUT2D eigenvalue weighted by atomic mass is 9.99. The third-order valence-corrected chi connectivity index (χ3v) is 5.07. The zero-order valence-corrected chi connectivity index (χ0v) is 17.9. The normalized spacial score (nSPS) is 24.1. The minimum atomic E-state index is -0.484. The van der Waals surface area contributed by atoms with Crippen molar-refractivity contribution in [2.75, 3.05) is 26.2 Å². The molecule has 0 unspecified atom stereocenters. The molecule has 2 rings (SSSR count). The maximum absolute atomic E-state index is 12.5. The summed E-state index contributed by atoms with van der Waals surface area (Å²) in [5.41, 5.74) is 2.60. The molecule has 0 spiro atoms. The van der Waals surface area contributed by atoms with Crippen LogP contribution in [-0.4, -0.2) is 66.9 Å². The van der Waals surface area contributed by atoms with Crippen LogP contribution in [0.4, 0.5) is 4.79 Å². The number of hydrogen-bond acceptors (Lipinski definition) is 6. The van der Waals surface area contributed by atoms with Gasteiger partial charge in [0.15, 0.2) is 0 Å². The predicted molar refractivity (Wildman–Crippen MR) is 108 cm³/mol. The third kappa shape index (κ3) is 7.93. The largest absolute Gasteiger partial charge is 0.444 e. The van der Waals surface area contributed by atoms with E-state index in [9.17, 15) is 9.59 Å². The zero-order chi connectivity index (χ0) is 20.6. The monoisotopic (exact) mass is 398 g/mol. The van der Waals surface area contributed by atoms with Crippen LogP contribution in [0, 0.1) is 0 Å².